The number of nitrogens with two attached hydrogens (primary N) is 1. The molecule has 1 unspecified atom stereocenters. The summed E-state index contributed by atoms with van der Waals surface area (Å²) in [5, 5.41) is 0. The van der Waals surface area contributed by atoms with Gasteiger partial charge in [-0.25, -0.2) is 0 Å². The molecule has 0 aliphatic rings. The Labute approximate surface area is 128 Å². The molecule has 1 atom stereocenters. The lowest BCUT2D eigenvalue weighted by Gasteiger charge is -2.23. The Hall–Kier alpha value is -1.64. The minimum Gasteiger partial charge on any atom is -0.324 e. The minimum absolute atomic E-state index is 0.121. The first-order valence-corrected chi connectivity index (χ1v) is 7.78. The van der Waals surface area contributed by atoms with Gasteiger partial charge in [-0.3, -0.25) is 4.90 Å². The fraction of sp³-hybridized carbons (Fsp3) is 0.368. The van der Waals surface area contributed by atoms with Gasteiger partial charge in [-0.15, -0.1) is 0 Å². The largest absolute Gasteiger partial charge is 0.324 e. The normalized spacial score (nSPS) is 12.6. The highest BCUT2D eigenvalue weighted by molar-refractivity contribution is 5.28. The number of nitrogens with zero attached hydrogens (tertiary/aromatic N) is 1. The highest BCUT2D eigenvalue weighted by Gasteiger charge is 2.11. The van der Waals surface area contributed by atoms with E-state index in [9.17, 15) is 0 Å². The molecule has 0 saturated carbocycles. The fourth-order valence-corrected chi connectivity index (χ4v) is 2.67. The molecule has 0 heterocycles. The van der Waals surface area contributed by atoms with Crippen LogP contribution in [0.15, 0.2) is 54.6 Å². The quantitative estimate of drug-likeness (QED) is 0.834. The first-order valence-electron chi connectivity index (χ1n) is 7.78. The molecule has 112 valence electrons. The van der Waals surface area contributed by atoms with Gasteiger partial charge in [0.1, 0.15) is 0 Å². The topological polar surface area (TPSA) is 29.3 Å². The predicted octanol–water partition coefficient (Wildman–Crippen LogP) is 3.91. The molecule has 0 spiro atoms. The minimum atomic E-state index is 0.121. The maximum Gasteiger partial charge on any atom is 0.0309 e. The Morgan fingerprint density at radius 3 is 2.33 bits per heavy atom. The SMILES string of the molecule is CCN(CCC(N)c1ccccc1C)Cc1ccccc1. The van der Waals surface area contributed by atoms with Gasteiger partial charge in [0.2, 0.25) is 0 Å². The molecule has 2 aromatic carbocycles. The third kappa shape index (κ3) is 4.69. The second kappa shape index (κ2) is 7.96. The molecule has 0 fully saturated rings. The molecule has 0 aliphatic heterocycles. The summed E-state index contributed by atoms with van der Waals surface area (Å²) in [6, 6.07) is 19.2. The summed E-state index contributed by atoms with van der Waals surface area (Å²) in [6.45, 7) is 7.42. The smallest absolute Gasteiger partial charge is 0.0309 e. The van der Waals surface area contributed by atoms with Gasteiger partial charge in [-0.2, -0.15) is 0 Å². The van der Waals surface area contributed by atoms with Crippen molar-refractivity contribution in [1.29, 1.82) is 0 Å². The summed E-state index contributed by atoms with van der Waals surface area (Å²) in [6.07, 6.45) is 0.992. The van der Waals surface area contributed by atoms with Crippen LogP contribution in [0.4, 0.5) is 0 Å². The fourth-order valence-electron chi connectivity index (χ4n) is 2.67. The third-order valence-corrected chi connectivity index (χ3v) is 4.04. The van der Waals surface area contributed by atoms with Gasteiger partial charge in [-0.05, 0) is 36.6 Å². The van der Waals surface area contributed by atoms with E-state index in [2.05, 4.69) is 73.3 Å². The van der Waals surface area contributed by atoms with Crippen LogP contribution < -0.4 is 5.73 Å². The molecule has 2 N–H and O–H groups in total. The van der Waals surface area contributed by atoms with Crippen LogP contribution in [0.2, 0.25) is 0 Å². The van der Waals surface area contributed by atoms with E-state index in [4.69, 9.17) is 5.73 Å². The van der Waals surface area contributed by atoms with E-state index in [0.29, 0.717) is 0 Å². The van der Waals surface area contributed by atoms with Gasteiger partial charge in [0.05, 0.1) is 0 Å². The highest BCUT2D eigenvalue weighted by atomic mass is 15.1. The monoisotopic (exact) mass is 282 g/mol. The number of rotatable bonds is 7. The summed E-state index contributed by atoms with van der Waals surface area (Å²) in [4.78, 5) is 2.45. The van der Waals surface area contributed by atoms with Crippen LogP contribution in [0.3, 0.4) is 0 Å². The molecule has 2 aromatic rings. The standard InChI is InChI=1S/C19H26N2/c1-3-21(15-17-10-5-4-6-11-17)14-13-19(20)18-12-8-7-9-16(18)2/h4-12,19H,3,13-15,20H2,1-2H3. The first-order chi connectivity index (χ1) is 10.2. The van der Waals surface area contributed by atoms with E-state index < -0.39 is 0 Å². The molecule has 2 rings (SSSR count). The Balaban J connectivity index is 1.90. The summed E-state index contributed by atoms with van der Waals surface area (Å²) in [5.41, 5.74) is 10.3. The second-order valence-corrected chi connectivity index (χ2v) is 5.61. The molecule has 21 heavy (non-hydrogen) atoms. The highest BCUT2D eigenvalue weighted by Crippen LogP contribution is 2.18. The average molecular weight is 282 g/mol. The lowest BCUT2D eigenvalue weighted by molar-refractivity contribution is 0.268. The van der Waals surface area contributed by atoms with Crippen molar-refractivity contribution in [3.8, 4) is 0 Å². The molecule has 0 aliphatic carbocycles. The molecule has 0 radical (unpaired) electrons. The Kier molecular flexibility index (Phi) is 5.97. The van der Waals surface area contributed by atoms with Gasteiger partial charge < -0.3 is 5.73 Å². The Morgan fingerprint density at radius 2 is 1.67 bits per heavy atom. The zero-order valence-electron chi connectivity index (χ0n) is 13.1. The van der Waals surface area contributed by atoms with Crippen LogP contribution >= 0.6 is 0 Å². The maximum atomic E-state index is 6.37. The van der Waals surface area contributed by atoms with Crippen molar-refractivity contribution < 1.29 is 0 Å². The van der Waals surface area contributed by atoms with Gasteiger partial charge in [0, 0.05) is 19.1 Å². The first kappa shape index (κ1) is 15.7. The van der Waals surface area contributed by atoms with E-state index in [1.165, 1.54) is 16.7 Å². The van der Waals surface area contributed by atoms with Crippen molar-refractivity contribution >= 4 is 0 Å². The van der Waals surface area contributed by atoms with Crippen molar-refractivity contribution in [2.75, 3.05) is 13.1 Å². The molecule has 2 nitrogen and oxygen atoms in total. The predicted molar refractivity (Wildman–Crippen MR) is 90.1 cm³/mol. The van der Waals surface area contributed by atoms with Crippen molar-refractivity contribution in [2.45, 2.75) is 32.9 Å². The van der Waals surface area contributed by atoms with Crippen LogP contribution in [-0.2, 0) is 6.54 Å². The second-order valence-electron chi connectivity index (χ2n) is 5.61. The lowest BCUT2D eigenvalue weighted by atomic mass is 9.99. The lowest BCUT2D eigenvalue weighted by Crippen LogP contribution is -2.27. The van der Waals surface area contributed by atoms with E-state index in [-0.39, 0.29) is 6.04 Å². The van der Waals surface area contributed by atoms with Gasteiger partial charge in [0.25, 0.3) is 0 Å². The van der Waals surface area contributed by atoms with Crippen LogP contribution in [-0.4, -0.2) is 18.0 Å². The summed E-state index contributed by atoms with van der Waals surface area (Å²) in [5.74, 6) is 0. The van der Waals surface area contributed by atoms with E-state index >= 15 is 0 Å². The average Bonchev–Trinajstić information content (AvgIpc) is 2.52. The van der Waals surface area contributed by atoms with Gasteiger partial charge in [0.15, 0.2) is 0 Å². The molecular weight excluding hydrogens is 256 g/mol. The maximum absolute atomic E-state index is 6.37. The molecule has 0 saturated heterocycles. The van der Waals surface area contributed by atoms with Crippen LogP contribution in [0, 0.1) is 6.92 Å². The van der Waals surface area contributed by atoms with Crippen molar-refractivity contribution in [2.24, 2.45) is 5.73 Å². The van der Waals surface area contributed by atoms with Crippen LogP contribution in [0.25, 0.3) is 0 Å². The van der Waals surface area contributed by atoms with Crippen LogP contribution in [0.1, 0.15) is 36.1 Å². The van der Waals surface area contributed by atoms with E-state index in [1.807, 2.05) is 0 Å². The Morgan fingerprint density at radius 1 is 1.00 bits per heavy atom. The van der Waals surface area contributed by atoms with Crippen molar-refractivity contribution in [1.82, 2.24) is 4.90 Å². The summed E-state index contributed by atoms with van der Waals surface area (Å²) >= 11 is 0. The van der Waals surface area contributed by atoms with Crippen molar-refractivity contribution in [3.63, 3.8) is 0 Å². The zero-order valence-corrected chi connectivity index (χ0v) is 13.1. The molecule has 2 heteroatoms. The molecule has 0 aromatic heterocycles. The number of benzene rings is 2. The number of aryl methyl sites for hydroxylation is 1. The van der Waals surface area contributed by atoms with Crippen molar-refractivity contribution in [3.05, 3.63) is 71.3 Å². The van der Waals surface area contributed by atoms with Gasteiger partial charge in [-0.1, -0.05) is 61.5 Å². The number of hydrogen-bond acceptors (Lipinski definition) is 2. The third-order valence-electron chi connectivity index (χ3n) is 4.04. The molecule has 0 bridgehead atoms. The molecule has 0 amide bonds. The van der Waals surface area contributed by atoms with E-state index in [0.717, 1.165) is 26.1 Å². The Bertz CT molecular complexity index is 536. The number of hydrogen-bond donors (Lipinski definition) is 1. The summed E-state index contributed by atoms with van der Waals surface area (Å²) in [7, 11) is 0. The van der Waals surface area contributed by atoms with Crippen LogP contribution in [0.5, 0.6) is 0 Å². The zero-order chi connectivity index (χ0) is 15.1. The van der Waals surface area contributed by atoms with E-state index in [1.54, 1.807) is 0 Å². The summed E-state index contributed by atoms with van der Waals surface area (Å²) < 4.78 is 0. The molecular formula is C19H26N2. The van der Waals surface area contributed by atoms with Gasteiger partial charge >= 0.3 is 0 Å².